The number of aliphatic hydroxyl groups excluding tert-OH is 1. The minimum absolute atomic E-state index is 0.0273. The summed E-state index contributed by atoms with van der Waals surface area (Å²) in [6.45, 7) is 1.86. The first-order valence-electron chi connectivity index (χ1n) is 7.02. The standard InChI is InChI=1S/C13H25N5O3/c1-3-4-9(14)11(15)12(17-2)13(20)18(16)10-6-5-8(7-19)21-10/h8,10,19H,3-7,14-16H2,1-2H3/b11-9+,17-12?. The molecule has 1 amide bonds. The van der Waals surface area contributed by atoms with Crippen molar-refractivity contribution in [1.29, 1.82) is 0 Å². The Morgan fingerprint density at radius 1 is 1.43 bits per heavy atom. The van der Waals surface area contributed by atoms with Crippen molar-refractivity contribution in [1.82, 2.24) is 5.01 Å². The average molecular weight is 299 g/mol. The monoisotopic (exact) mass is 299 g/mol. The molecule has 1 heterocycles. The maximum Gasteiger partial charge on any atom is 0.290 e. The number of allylic oxidation sites excluding steroid dienone is 1. The molecule has 0 bridgehead atoms. The second-order valence-corrected chi connectivity index (χ2v) is 4.95. The second kappa shape index (κ2) is 7.96. The predicted octanol–water partition coefficient (Wildman–Crippen LogP) is -0.814. The number of hydrazine groups is 1. The molecule has 0 aliphatic carbocycles. The summed E-state index contributed by atoms with van der Waals surface area (Å²) in [4.78, 5) is 16.3. The lowest BCUT2D eigenvalue weighted by Gasteiger charge is -2.24. The zero-order valence-electron chi connectivity index (χ0n) is 12.6. The van der Waals surface area contributed by atoms with Gasteiger partial charge >= 0.3 is 0 Å². The Morgan fingerprint density at radius 3 is 2.57 bits per heavy atom. The SMILES string of the molecule is CCC/C(N)=C(\N)C(=NC)C(=O)N(N)C1CCC(CO)O1. The van der Waals surface area contributed by atoms with Gasteiger partial charge in [0.1, 0.15) is 11.9 Å². The molecule has 0 aromatic heterocycles. The van der Waals surface area contributed by atoms with Gasteiger partial charge in [0.05, 0.1) is 18.4 Å². The highest BCUT2D eigenvalue weighted by atomic mass is 16.5. The van der Waals surface area contributed by atoms with Gasteiger partial charge in [0, 0.05) is 12.7 Å². The fourth-order valence-electron chi connectivity index (χ4n) is 2.17. The normalized spacial score (nSPS) is 23.9. The third-order valence-electron chi connectivity index (χ3n) is 3.38. The fraction of sp³-hybridized carbons (Fsp3) is 0.692. The summed E-state index contributed by atoms with van der Waals surface area (Å²) in [5, 5.41) is 10.0. The number of amides is 1. The second-order valence-electron chi connectivity index (χ2n) is 4.95. The van der Waals surface area contributed by atoms with Crippen LogP contribution in [0.4, 0.5) is 0 Å². The zero-order valence-corrected chi connectivity index (χ0v) is 12.6. The number of carbonyl (C=O) groups excluding carboxylic acids is 1. The van der Waals surface area contributed by atoms with Crippen molar-refractivity contribution < 1.29 is 14.6 Å². The topological polar surface area (TPSA) is 140 Å². The van der Waals surface area contributed by atoms with E-state index in [9.17, 15) is 4.79 Å². The quantitative estimate of drug-likeness (QED) is 0.219. The van der Waals surface area contributed by atoms with E-state index in [1.54, 1.807) is 0 Å². The maximum absolute atomic E-state index is 12.4. The van der Waals surface area contributed by atoms with Crippen molar-refractivity contribution >= 4 is 11.6 Å². The number of nitrogens with zero attached hydrogens (tertiary/aromatic N) is 2. The van der Waals surface area contributed by atoms with Gasteiger partial charge < -0.3 is 21.3 Å². The highest BCUT2D eigenvalue weighted by Gasteiger charge is 2.33. The van der Waals surface area contributed by atoms with Gasteiger partial charge in [-0.05, 0) is 19.3 Å². The number of nitrogens with two attached hydrogens (primary N) is 3. The molecular formula is C13H25N5O3. The number of aliphatic imine (C=N–C) groups is 1. The van der Waals surface area contributed by atoms with E-state index in [0.717, 1.165) is 11.4 Å². The minimum atomic E-state index is -0.591. The van der Waals surface area contributed by atoms with Crippen molar-refractivity contribution in [2.75, 3.05) is 13.7 Å². The molecule has 0 aromatic carbocycles. The van der Waals surface area contributed by atoms with Crippen LogP contribution in [0.25, 0.3) is 0 Å². The van der Waals surface area contributed by atoms with Crippen molar-refractivity contribution in [3.8, 4) is 0 Å². The zero-order chi connectivity index (χ0) is 16.0. The molecular weight excluding hydrogens is 274 g/mol. The van der Waals surface area contributed by atoms with Crippen LogP contribution >= 0.6 is 0 Å². The fourth-order valence-corrected chi connectivity index (χ4v) is 2.17. The molecule has 120 valence electrons. The summed E-state index contributed by atoms with van der Waals surface area (Å²) in [7, 11) is 1.46. The Labute approximate surface area is 124 Å². The van der Waals surface area contributed by atoms with Gasteiger partial charge in [0.25, 0.3) is 5.91 Å². The van der Waals surface area contributed by atoms with Crippen molar-refractivity contribution in [3.05, 3.63) is 11.4 Å². The highest BCUT2D eigenvalue weighted by molar-refractivity contribution is 6.45. The summed E-state index contributed by atoms with van der Waals surface area (Å²) in [6, 6.07) is 0. The van der Waals surface area contributed by atoms with E-state index >= 15 is 0 Å². The molecule has 1 fully saturated rings. The van der Waals surface area contributed by atoms with Gasteiger partial charge in [-0.2, -0.15) is 0 Å². The van der Waals surface area contributed by atoms with Gasteiger partial charge in [-0.25, -0.2) is 10.9 Å². The summed E-state index contributed by atoms with van der Waals surface area (Å²) in [5.74, 6) is 5.26. The van der Waals surface area contributed by atoms with Crippen LogP contribution in [-0.4, -0.2) is 47.7 Å². The molecule has 21 heavy (non-hydrogen) atoms. The summed E-state index contributed by atoms with van der Waals surface area (Å²) in [5.41, 5.74) is 12.3. The number of hydrogen-bond acceptors (Lipinski definition) is 7. The Hall–Kier alpha value is -1.64. The third-order valence-corrected chi connectivity index (χ3v) is 3.38. The number of hydrogen-bond donors (Lipinski definition) is 4. The van der Waals surface area contributed by atoms with E-state index in [1.807, 2.05) is 6.92 Å². The molecule has 0 aromatic rings. The Balaban J connectivity index is 2.82. The molecule has 0 radical (unpaired) electrons. The van der Waals surface area contributed by atoms with Gasteiger partial charge in [-0.3, -0.25) is 9.79 Å². The molecule has 0 spiro atoms. The lowest BCUT2D eigenvalue weighted by Crippen LogP contribution is -2.50. The van der Waals surface area contributed by atoms with Crippen molar-refractivity contribution in [2.45, 2.75) is 44.9 Å². The van der Waals surface area contributed by atoms with Crippen LogP contribution in [0.5, 0.6) is 0 Å². The predicted molar refractivity (Wildman–Crippen MR) is 79.7 cm³/mol. The Morgan fingerprint density at radius 2 is 2.10 bits per heavy atom. The number of rotatable bonds is 6. The van der Waals surface area contributed by atoms with Gasteiger partial charge in [-0.15, -0.1) is 0 Å². The van der Waals surface area contributed by atoms with Gasteiger partial charge in [0.15, 0.2) is 0 Å². The van der Waals surface area contributed by atoms with Crippen LogP contribution in [0.1, 0.15) is 32.6 Å². The van der Waals surface area contributed by atoms with Crippen molar-refractivity contribution in [3.63, 3.8) is 0 Å². The number of aliphatic hydroxyl groups is 1. The van der Waals surface area contributed by atoms with Crippen LogP contribution in [-0.2, 0) is 9.53 Å². The Kier molecular flexibility index (Phi) is 6.60. The first kappa shape index (κ1) is 17.4. The Bertz CT molecular complexity index is 436. The average Bonchev–Trinajstić information content (AvgIpc) is 2.96. The summed E-state index contributed by atoms with van der Waals surface area (Å²) >= 11 is 0. The van der Waals surface area contributed by atoms with E-state index in [0.29, 0.717) is 25.0 Å². The van der Waals surface area contributed by atoms with E-state index in [2.05, 4.69) is 4.99 Å². The minimum Gasteiger partial charge on any atom is -0.400 e. The van der Waals surface area contributed by atoms with E-state index < -0.39 is 12.1 Å². The number of carbonyl (C=O) groups is 1. The first-order valence-corrected chi connectivity index (χ1v) is 7.02. The summed E-state index contributed by atoms with van der Waals surface area (Å²) in [6.07, 6.45) is 1.70. The molecule has 1 aliphatic heterocycles. The van der Waals surface area contributed by atoms with Crippen LogP contribution in [0.3, 0.4) is 0 Å². The highest BCUT2D eigenvalue weighted by Crippen LogP contribution is 2.21. The molecule has 0 saturated carbocycles. The smallest absolute Gasteiger partial charge is 0.290 e. The van der Waals surface area contributed by atoms with Gasteiger partial charge in [-0.1, -0.05) is 13.3 Å². The van der Waals surface area contributed by atoms with Crippen LogP contribution in [0.15, 0.2) is 16.4 Å². The molecule has 2 unspecified atom stereocenters. The third kappa shape index (κ3) is 4.16. The molecule has 1 saturated heterocycles. The van der Waals surface area contributed by atoms with Crippen molar-refractivity contribution in [2.24, 2.45) is 22.3 Å². The molecule has 7 N–H and O–H groups in total. The largest absolute Gasteiger partial charge is 0.400 e. The molecule has 1 rings (SSSR count). The maximum atomic E-state index is 12.4. The van der Waals surface area contributed by atoms with Crippen LogP contribution in [0, 0.1) is 0 Å². The lowest BCUT2D eigenvalue weighted by atomic mass is 10.1. The number of ether oxygens (including phenoxy) is 1. The van der Waals surface area contributed by atoms with Crippen LogP contribution in [0.2, 0.25) is 0 Å². The molecule has 8 heteroatoms. The molecule has 8 nitrogen and oxygen atoms in total. The van der Waals surface area contributed by atoms with E-state index in [-0.39, 0.29) is 24.1 Å². The molecule has 1 aliphatic rings. The molecule has 2 atom stereocenters. The van der Waals surface area contributed by atoms with E-state index in [1.165, 1.54) is 7.05 Å². The lowest BCUT2D eigenvalue weighted by molar-refractivity contribution is -0.139. The van der Waals surface area contributed by atoms with Gasteiger partial charge in [0.2, 0.25) is 0 Å². The van der Waals surface area contributed by atoms with Crippen LogP contribution < -0.4 is 17.3 Å². The summed E-state index contributed by atoms with van der Waals surface area (Å²) < 4.78 is 5.46. The van der Waals surface area contributed by atoms with E-state index in [4.69, 9.17) is 27.2 Å². The first-order chi connectivity index (χ1) is 9.96.